The van der Waals surface area contributed by atoms with Gasteiger partial charge in [-0.1, -0.05) is 18.2 Å². The summed E-state index contributed by atoms with van der Waals surface area (Å²) in [4.78, 5) is 26.0. The van der Waals surface area contributed by atoms with E-state index in [1.54, 1.807) is 6.07 Å². The van der Waals surface area contributed by atoms with E-state index in [2.05, 4.69) is 15.4 Å². The first-order valence-corrected chi connectivity index (χ1v) is 11.0. The number of nitriles is 1. The fraction of sp³-hybridized carbons (Fsp3) is 0.500. The van der Waals surface area contributed by atoms with Gasteiger partial charge in [-0.3, -0.25) is 9.59 Å². The minimum Gasteiger partial charge on any atom is -0.435 e. The van der Waals surface area contributed by atoms with Crippen LogP contribution in [0.15, 0.2) is 24.3 Å². The van der Waals surface area contributed by atoms with Crippen LogP contribution in [-0.2, 0) is 25.1 Å². The maximum Gasteiger partial charge on any atom is 1.00 e. The molecule has 0 unspecified atom stereocenters. The van der Waals surface area contributed by atoms with Crippen molar-refractivity contribution in [3.8, 4) is 11.8 Å². The van der Waals surface area contributed by atoms with Gasteiger partial charge in [0.2, 0.25) is 5.91 Å². The van der Waals surface area contributed by atoms with Gasteiger partial charge in [0, 0.05) is 18.8 Å². The molecule has 1 N–H and O–H groups in total. The first-order valence-electron chi connectivity index (χ1n) is 9.17. The molecule has 10 nitrogen and oxygen atoms in total. The molecule has 0 aromatic heterocycles. The van der Waals surface area contributed by atoms with Crippen LogP contribution < -0.4 is 28.9 Å². The third-order valence-electron chi connectivity index (χ3n) is 4.17. The molecule has 1 saturated heterocycles. The van der Waals surface area contributed by atoms with E-state index >= 15 is 0 Å². The summed E-state index contributed by atoms with van der Waals surface area (Å²) in [5.74, 6) is -2.79. The minimum absolute atomic E-state index is 0. The zero-order valence-corrected chi connectivity index (χ0v) is 18.2. The molecule has 0 saturated carbocycles. The molecule has 14 heteroatoms. The molecule has 0 aliphatic carbocycles. The van der Waals surface area contributed by atoms with Gasteiger partial charge < -0.3 is 25.0 Å². The van der Waals surface area contributed by atoms with Gasteiger partial charge in [0.1, 0.15) is 12.3 Å². The summed E-state index contributed by atoms with van der Waals surface area (Å²) in [6.45, 7) is -2.51. The first kappa shape index (κ1) is 27.7. The molecule has 0 bridgehead atoms. The summed E-state index contributed by atoms with van der Waals surface area (Å²) in [6.07, 6.45) is 0. The number of ether oxygens (including phenoxy) is 2. The predicted octanol–water partition coefficient (Wildman–Crippen LogP) is -1.96. The molecular weight excluding hydrogens is 445 g/mol. The van der Waals surface area contributed by atoms with Gasteiger partial charge in [-0.2, -0.15) is 14.0 Å². The molecule has 3 amide bonds. The fourth-order valence-electron chi connectivity index (χ4n) is 2.76. The molecule has 1 aliphatic heterocycles. The smallest absolute Gasteiger partial charge is 0.435 e. The van der Waals surface area contributed by atoms with Crippen molar-refractivity contribution in [2.24, 2.45) is 0 Å². The Kier molecular flexibility index (Phi) is 11.4. The number of carbonyl (C=O) groups excluding carboxylic acids is 2. The van der Waals surface area contributed by atoms with E-state index in [9.17, 15) is 26.8 Å². The van der Waals surface area contributed by atoms with E-state index in [0.29, 0.717) is 0 Å². The van der Waals surface area contributed by atoms with Gasteiger partial charge in [-0.05, 0) is 19.2 Å². The Balaban J connectivity index is 0.00000512. The number of nitrogens with one attached hydrogen (secondary N) is 1. The maximum absolute atomic E-state index is 12.7. The van der Waals surface area contributed by atoms with Crippen molar-refractivity contribution in [3.05, 3.63) is 35.1 Å². The van der Waals surface area contributed by atoms with Gasteiger partial charge in [-0.15, -0.1) is 0 Å². The number of hydrogen-bond donors (Lipinski definition) is 1. The number of amides is 3. The van der Waals surface area contributed by atoms with Crippen LogP contribution in [0.5, 0.6) is 5.75 Å². The Labute approximate surface area is 196 Å². The van der Waals surface area contributed by atoms with Gasteiger partial charge in [0.25, 0.3) is 0 Å². The molecule has 32 heavy (non-hydrogen) atoms. The third kappa shape index (κ3) is 9.00. The average Bonchev–Trinajstić information content (AvgIpc) is 2.72. The van der Waals surface area contributed by atoms with E-state index < -0.39 is 52.5 Å². The number of hydrogen-bond acceptors (Lipinski definition) is 7. The van der Waals surface area contributed by atoms with Crippen molar-refractivity contribution < 1.29 is 55.1 Å². The minimum atomic E-state index is -4.10. The summed E-state index contributed by atoms with van der Waals surface area (Å²) in [5, 5.41) is 14.6. The maximum atomic E-state index is 12.7. The van der Waals surface area contributed by atoms with Crippen LogP contribution in [0, 0.1) is 11.3 Å². The molecule has 1 heterocycles. The normalized spacial score (nSPS) is 14.6. The van der Waals surface area contributed by atoms with Crippen LogP contribution in [0.3, 0.4) is 0 Å². The molecule has 1 atom stereocenters. The molecular formula is C18H21F2LiN4O6S. The van der Waals surface area contributed by atoms with Gasteiger partial charge in [0.15, 0.2) is 15.9 Å². The third-order valence-corrected chi connectivity index (χ3v) is 5.74. The summed E-state index contributed by atoms with van der Waals surface area (Å²) < 4.78 is 60.0. The van der Waals surface area contributed by atoms with Crippen molar-refractivity contribution in [2.75, 3.05) is 38.6 Å². The number of carbonyl (C=O) groups is 2. The second kappa shape index (κ2) is 13.2. The summed E-state index contributed by atoms with van der Waals surface area (Å²) in [7, 11) is -4.10. The first-order chi connectivity index (χ1) is 14.7. The standard InChI is InChI=1S/C18H22F2N4O6S.Li/c19-17(20)30-15-4-2-1-3-13(15)11-31(27,28)12-14(16(25)22-6-5-21)23-18(26)24-7-9-29-10-8-24;/h1-4,14,17H,6-12H2,(H2,22,23,25,26);/q;+1/p-1/t14-;/m0./s1. The Morgan fingerprint density at radius 1 is 1.28 bits per heavy atom. The Morgan fingerprint density at radius 3 is 2.56 bits per heavy atom. The molecule has 1 aromatic carbocycles. The number of morpholine rings is 1. The molecule has 2 rings (SSSR count). The Hall–Kier alpha value is -2.38. The van der Waals surface area contributed by atoms with Crippen molar-refractivity contribution in [1.82, 2.24) is 10.2 Å². The number of nitrogens with zero attached hydrogens (tertiary/aromatic N) is 3. The predicted molar refractivity (Wildman–Crippen MR) is 104 cm³/mol. The van der Waals surface area contributed by atoms with Crippen LogP contribution in [0.1, 0.15) is 5.56 Å². The largest absolute Gasteiger partial charge is 1.00 e. The van der Waals surface area contributed by atoms with Crippen molar-refractivity contribution in [2.45, 2.75) is 18.4 Å². The molecule has 1 aliphatic rings. The van der Waals surface area contributed by atoms with Crippen LogP contribution in [0.25, 0.3) is 5.32 Å². The van der Waals surface area contributed by atoms with Crippen molar-refractivity contribution >= 4 is 21.8 Å². The second-order valence-corrected chi connectivity index (χ2v) is 8.55. The monoisotopic (exact) mass is 466 g/mol. The number of alkyl halides is 2. The van der Waals surface area contributed by atoms with Gasteiger partial charge >= 0.3 is 25.5 Å². The molecule has 170 valence electrons. The molecule has 0 radical (unpaired) electrons. The van der Waals surface area contributed by atoms with Gasteiger partial charge in [-0.25, -0.2) is 8.42 Å². The second-order valence-electron chi connectivity index (χ2n) is 6.44. The Bertz CT molecular complexity index is 922. The van der Waals surface area contributed by atoms with E-state index in [1.165, 1.54) is 29.2 Å². The van der Waals surface area contributed by atoms with Crippen LogP contribution in [0.2, 0.25) is 0 Å². The quantitative estimate of drug-likeness (QED) is 0.329. The van der Waals surface area contributed by atoms with E-state index in [4.69, 9.17) is 10.00 Å². The molecule has 1 fully saturated rings. The number of urea groups is 1. The number of para-hydroxylation sites is 1. The summed E-state index contributed by atoms with van der Waals surface area (Å²) >= 11 is 0. The molecule has 1 aromatic rings. The van der Waals surface area contributed by atoms with Gasteiger partial charge in [0.05, 0.1) is 23.6 Å². The van der Waals surface area contributed by atoms with E-state index in [-0.39, 0.29) is 56.5 Å². The number of benzene rings is 1. The SMILES string of the molecule is N#CCNC(=O)[C@H](CS(=O)(=O)Cc1ccccc1OC(F)F)[N-]C(=O)N1CCOCC1.[Li+]. The number of halogens is 2. The summed E-state index contributed by atoms with van der Waals surface area (Å²) in [6, 6.07) is 4.63. The number of rotatable bonds is 9. The summed E-state index contributed by atoms with van der Waals surface area (Å²) in [5.41, 5.74) is -0.0292. The van der Waals surface area contributed by atoms with E-state index in [1.807, 2.05) is 0 Å². The number of sulfone groups is 1. The van der Waals surface area contributed by atoms with Crippen molar-refractivity contribution in [3.63, 3.8) is 0 Å². The van der Waals surface area contributed by atoms with Crippen molar-refractivity contribution in [1.29, 1.82) is 5.26 Å². The van der Waals surface area contributed by atoms with E-state index in [0.717, 1.165) is 0 Å². The van der Waals surface area contributed by atoms with Crippen LogP contribution in [0.4, 0.5) is 13.6 Å². The Morgan fingerprint density at radius 2 is 1.94 bits per heavy atom. The average molecular weight is 466 g/mol. The topological polar surface area (TPSA) is 140 Å². The zero-order valence-electron chi connectivity index (χ0n) is 17.4. The zero-order chi connectivity index (χ0) is 22.9. The molecule has 0 spiro atoms. The van der Waals surface area contributed by atoms with Crippen LogP contribution >= 0.6 is 0 Å². The van der Waals surface area contributed by atoms with Crippen LogP contribution in [-0.4, -0.2) is 76.5 Å². The fourth-order valence-corrected chi connectivity index (χ4v) is 4.29.